The van der Waals surface area contributed by atoms with Crippen LogP contribution in [-0.2, 0) is 55.9 Å². The van der Waals surface area contributed by atoms with Crippen molar-refractivity contribution < 1.29 is 47.5 Å². The minimum absolute atomic E-state index is 0.0665. The van der Waals surface area contributed by atoms with Gasteiger partial charge in [0.05, 0.1) is 92.5 Å². The summed E-state index contributed by atoms with van der Waals surface area (Å²) >= 11 is 0. The predicted octanol–water partition coefficient (Wildman–Crippen LogP) is 1.83. The van der Waals surface area contributed by atoms with Crippen molar-refractivity contribution in [3.05, 3.63) is 53.6 Å². The van der Waals surface area contributed by atoms with Gasteiger partial charge in [-0.2, -0.15) is 4.79 Å². The molecule has 0 saturated heterocycles. The molecule has 0 heterocycles. The Balaban J connectivity index is 1.86. The van der Waals surface area contributed by atoms with Crippen molar-refractivity contribution in [3.63, 3.8) is 0 Å². The number of ether oxygens (including phenoxy) is 8. The third-order valence-electron chi connectivity index (χ3n) is 4.38. The van der Waals surface area contributed by atoms with Gasteiger partial charge in [-0.3, -0.25) is 0 Å². The summed E-state index contributed by atoms with van der Waals surface area (Å²) in [5.41, 5.74) is 10.1. The average molecular weight is 511 g/mol. The van der Waals surface area contributed by atoms with E-state index in [1.807, 2.05) is 24.3 Å². The van der Waals surface area contributed by atoms with Gasteiger partial charge in [-0.15, -0.1) is 6.58 Å². The summed E-state index contributed by atoms with van der Waals surface area (Å²) in [6.45, 7) is 10.4. The second-order valence-corrected chi connectivity index (χ2v) is 7.10. The number of benzene rings is 1. The molecular formula is C25H38N2O9. The van der Waals surface area contributed by atoms with Crippen LogP contribution in [0.2, 0.25) is 0 Å². The maximum Gasteiger partial charge on any atom is 0.413 e. The molecule has 0 radical (unpaired) electrons. The first kappa shape index (κ1) is 31.6. The maximum absolute atomic E-state index is 11.3. The van der Waals surface area contributed by atoms with E-state index in [4.69, 9.17) is 43.4 Å². The van der Waals surface area contributed by atoms with E-state index in [1.54, 1.807) is 6.08 Å². The highest BCUT2D eigenvalue weighted by molar-refractivity contribution is 6.20. The highest BCUT2D eigenvalue weighted by Gasteiger charge is 2.07. The van der Waals surface area contributed by atoms with Crippen LogP contribution in [0.1, 0.15) is 11.1 Å². The molecule has 36 heavy (non-hydrogen) atoms. The van der Waals surface area contributed by atoms with Gasteiger partial charge in [-0.05, 0) is 11.1 Å². The SMILES string of the molecule is C=CCOCCOCCOCCOCCOCCOCCOCc1ccccc1COC(=O)C=[N+]=[N-]. The van der Waals surface area contributed by atoms with E-state index in [9.17, 15) is 4.79 Å². The van der Waals surface area contributed by atoms with Gasteiger partial charge in [0, 0.05) is 0 Å². The Bertz CT molecular complexity index is 742. The van der Waals surface area contributed by atoms with E-state index in [0.29, 0.717) is 98.7 Å². The smallest absolute Gasteiger partial charge is 0.413 e. The molecule has 0 aliphatic heterocycles. The molecule has 0 N–H and O–H groups in total. The van der Waals surface area contributed by atoms with E-state index in [-0.39, 0.29) is 6.61 Å². The first-order valence-electron chi connectivity index (χ1n) is 11.8. The Morgan fingerprint density at radius 3 is 1.56 bits per heavy atom. The van der Waals surface area contributed by atoms with Crippen LogP contribution in [0, 0.1) is 0 Å². The summed E-state index contributed by atoms with van der Waals surface area (Å²) in [4.78, 5) is 13.9. The minimum atomic E-state index is -0.719. The molecule has 202 valence electrons. The summed E-state index contributed by atoms with van der Waals surface area (Å²) in [5, 5.41) is 0. The second-order valence-electron chi connectivity index (χ2n) is 7.10. The fraction of sp³-hybridized carbons (Fsp3) is 0.600. The van der Waals surface area contributed by atoms with Crippen LogP contribution < -0.4 is 0 Å². The van der Waals surface area contributed by atoms with Crippen LogP contribution in [0.25, 0.3) is 5.53 Å². The number of esters is 1. The second kappa shape index (κ2) is 24.2. The largest absolute Gasteiger partial charge is 0.452 e. The lowest BCUT2D eigenvalue weighted by atomic mass is 10.1. The highest BCUT2D eigenvalue weighted by atomic mass is 16.6. The Hall–Kier alpha value is -2.47. The molecule has 0 saturated carbocycles. The topological polar surface area (TPSA) is 127 Å². The molecule has 0 aromatic heterocycles. The highest BCUT2D eigenvalue weighted by Crippen LogP contribution is 2.11. The van der Waals surface area contributed by atoms with Crippen molar-refractivity contribution >= 4 is 12.2 Å². The first-order chi connectivity index (χ1) is 17.8. The molecular weight excluding hydrogens is 472 g/mol. The van der Waals surface area contributed by atoms with Crippen LogP contribution in [0.4, 0.5) is 0 Å². The number of hydrogen-bond donors (Lipinski definition) is 0. The van der Waals surface area contributed by atoms with Crippen LogP contribution in [0.5, 0.6) is 0 Å². The van der Waals surface area contributed by atoms with Crippen LogP contribution in [0.15, 0.2) is 36.9 Å². The number of carbonyl (C=O) groups excluding carboxylic acids is 1. The molecule has 11 nitrogen and oxygen atoms in total. The Morgan fingerprint density at radius 2 is 1.11 bits per heavy atom. The van der Waals surface area contributed by atoms with Crippen molar-refractivity contribution in [2.24, 2.45) is 0 Å². The molecule has 0 amide bonds. The lowest BCUT2D eigenvalue weighted by Crippen LogP contribution is -2.14. The number of rotatable bonds is 25. The molecule has 1 rings (SSSR count). The normalized spacial score (nSPS) is 10.7. The monoisotopic (exact) mass is 510 g/mol. The molecule has 0 aliphatic rings. The van der Waals surface area contributed by atoms with Crippen molar-refractivity contribution in [2.45, 2.75) is 13.2 Å². The fourth-order valence-corrected chi connectivity index (χ4v) is 2.64. The third-order valence-corrected chi connectivity index (χ3v) is 4.38. The van der Waals surface area contributed by atoms with Gasteiger partial charge < -0.3 is 43.4 Å². The summed E-state index contributed by atoms with van der Waals surface area (Å²) in [6.07, 6.45) is 2.40. The van der Waals surface area contributed by atoms with E-state index in [1.165, 1.54) is 0 Å². The fourth-order valence-electron chi connectivity index (χ4n) is 2.64. The third kappa shape index (κ3) is 18.8. The summed E-state index contributed by atoms with van der Waals surface area (Å²) < 4.78 is 42.9. The zero-order valence-corrected chi connectivity index (χ0v) is 20.8. The number of hydrogen-bond acceptors (Lipinski definition) is 9. The quantitative estimate of drug-likeness (QED) is 0.0483. The molecule has 0 atom stereocenters. The standard InChI is InChI=1S/C25H38N2O9/c1-2-7-29-8-9-30-10-11-31-12-13-32-14-15-33-16-17-34-18-19-35-21-23-5-3-4-6-24(23)22-36-25(28)20-27-26/h2-6,20H,1,7-19,21-22H2. The minimum Gasteiger partial charge on any atom is -0.452 e. The van der Waals surface area contributed by atoms with Crippen molar-refractivity contribution in [2.75, 3.05) is 85.9 Å². The van der Waals surface area contributed by atoms with Gasteiger partial charge in [0.1, 0.15) is 6.61 Å². The van der Waals surface area contributed by atoms with Gasteiger partial charge in [-0.25, -0.2) is 4.79 Å². The van der Waals surface area contributed by atoms with E-state index in [0.717, 1.165) is 11.1 Å². The number of carbonyl (C=O) groups is 1. The molecule has 0 aliphatic carbocycles. The van der Waals surface area contributed by atoms with Gasteiger partial charge in [0.25, 0.3) is 0 Å². The van der Waals surface area contributed by atoms with Crippen molar-refractivity contribution in [1.82, 2.24) is 0 Å². The lowest BCUT2D eigenvalue weighted by molar-refractivity contribution is -0.140. The van der Waals surface area contributed by atoms with Gasteiger partial charge in [0.2, 0.25) is 0 Å². The van der Waals surface area contributed by atoms with Crippen LogP contribution in [-0.4, -0.2) is 103 Å². The zero-order chi connectivity index (χ0) is 25.9. The molecule has 0 bridgehead atoms. The summed E-state index contributed by atoms with van der Waals surface area (Å²) in [6, 6.07) is 7.46. The molecule has 1 aromatic carbocycles. The summed E-state index contributed by atoms with van der Waals surface area (Å²) in [7, 11) is 0. The Kier molecular flexibility index (Phi) is 21.2. The van der Waals surface area contributed by atoms with Gasteiger partial charge in [-0.1, -0.05) is 30.3 Å². The molecule has 11 heteroatoms. The molecule has 1 aromatic rings. The number of nitrogens with zero attached hydrogens (tertiary/aromatic N) is 2. The predicted molar refractivity (Wildman–Crippen MR) is 131 cm³/mol. The van der Waals surface area contributed by atoms with Gasteiger partial charge in [0.15, 0.2) is 0 Å². The molecule has 0 spiro atoms. The van der Waals surface area contributed by atoms with Crippen molar-refractivity contribution in [1.29, 1.82) is 0 Å². The maximum atomic E-state index is 11.3. The van der Waals surface area contributed by atoms with Crippen LogP contribution in [0.3, 0.4) is 0 Å². The van der Waals surface area contributed by atoms with E-state index in [2.05, 4.69) is 11.4 Å². The zero-order valence-electron chi connectivity index (χ0n) is 20.8. The summed E-state index contributed by atoms with van der Waals surface area (Å²) in [5.74, 6) is -0.719. The van der Waals surface area contributed by atoms with E-state index >= 15 is 0 Å². The Labute approximate surface area is 212 Å². The first-order valence-corrected chi connectivity index (χ1v) is 11.8. The van der Waals surface area contributed by atoms with Crippen molar-refractivity contribution in [3.8, 4) is 0 Å². The van der Waals surface area contributed by atoms with Gasteiger partial charge >= 0.3 is 12.2 Å². The Morgan fingerprint density at radius 1 is 0.694 bits per heavy atom. The van der Waals surface area contributed by atoms with E-state index < -0.39 is 5.97 Å². The average Bonchev–Trinajstić information content (AvgIpc) is 2.89. The molecule has 0 fully saturated rings. The molecule has 0 unspecified atom stereocenters. The lowest BCUT2D eigenvalue weighted by Gasteiger charge is -2.10. The van der Waals surface area contributed by atoms with Crippen LogP contribution >= 0.6 is 0 Å².